The Labute approximate surface area is 134 Å². The predicted octanol–water partition coefficient (Wildman–Crippen LogP) is 0.988. The van der Waals surface area contributed by atoms with Crippen molar-refractivity contribution >= 4 is 21.9 Å². The van der Waals surface area contributed by atoms with Crippen molar-refractivity contribution in [2.45, 2.75) is 31.2 Å². The van der Waals surface area contributed by atoms with Gasteiger partial charge in [0.05, 0.1) is 0 Å². The standard InChI is InChI=1S/C14H20N2O6S/c1-5-6-7-10(14(18)19)15-13(17)11-8-12(9(2)22-11)23(20,21)16(3)4/h5-6,8,10H,7H2,1-4H3,(H,15,17)(H,18,19)/b6-5+. The minimum Gasteiger partial charge on any atom is -0.480 e. The van der Waals surface area contributed by atoms with Crippen LogP contribution >= 0.6 is 0 Å². The fourth-order valence-corrected chi connectivity index (χ4v) is 2.81. The average molecular weight is 344 g/mol. The molecule has 0 bridgehead atoms. The van der Waals surface area contributed by atoms with Crippen molar-refractivity contribution in [2.75, 3.05) is 14.1 Å². The molecule has 0 radical (unpaired) electrons. The minimum absolute atomic E-state index is 0.0594. The van der Waals surface area contributed by atoms with E-state index in [1.807, 2.05) is 0 Å². The first-order chi connectivity index (χ1) is 10.6. The Morgan fingerprint density at radius 1 is 1.43 bits per heavy atom. The zero-order valence-electron chi connectivity index (χ0n) is 13.4. The molecule has 1 rings (SSSR count). The first-order valence-electron chi connectivity index (χ1n) is 6.79. The van der Waals surface area contributed by atoms with Crippen molar-refractivity contribution < 1.29 is 27.5 Å². The molecule has 1 aromatic heterocycles. The highest BCUT2D eigenvalue weighted by Gasteiger charge is 2.27. The SMILES string of the molecule is C/C=C/CC(NC(=O)c1cc(S(=O)(=O)N(C)C)c(C)o1)C(=O)O. The summed E-state index contributed by atoms with van der Waals surface area (Å²) in [6, 6.07) is -0.0350. The van der Waals surface area contributed by atoms with Crippen LogP contribution in [-0.4, -0.2) is 49.8 Å². The number of aryl methyl sites for hydroxylation is 1. The molecule has 2 N–H and O–H groups in total. The van der Waals surface area contributed by atoms with Gasteiger partial charge >= 0.3 is 5.97 Å². The highest BCUT2D eigenvalue weighted by atomic mass is 32.2. The van der Waals surface area contributed by atoms with E-state index in [4.69, 9.17) is 9.52 Å². The van der Waals surface area contributed by atoms with Crippen molar-refractivity contribution in [1.82, 2.24) is 9.62 Å². The topological polar surface area (TPSA) is 117 Å². The molecule has 0 aliphatic carbocycles. The van der Waals surface area contributed by atoms with E-state index in [0.717, 1.165) is 10.4 Å². The third-order valence-corrected chi connectivity index (χ3v) is 4.99. The van der Waals surface area contributed by atoms with Crippen LogP contribution < -0.4 is 5.32 Å². The van der Waals surface area contributed by atoms with E-state index >= 15 is 0 Å². The van der Waals surface area contributed by atoms with E-state index in [1.165, 1.54) is 21.0 Å². The lowest BCUT2D eigenvalue weighted by Crippen LogP contribution is -2.40. The van der Waals surface area contributed by atoms with Gasteiger partial charge in [0.15, 0.2) is 5.76 Å². The number of nitrogens with one attached hydrogen (secondary N) is 1. The largest absolute Gasteiger partial charge is 0.480 e. The van der Waals surface area contributed by atoms with Gasteiger partial charge in [-0.2, -0.15) is 0 Å². The molecule has 0 saturated heterocycles. The number of allylic oxidation sites excluding steroid dienone is 1. The Balaban J connectivity index is 3.04. The number of furan rings is 1. The Hall–Kier alpha value is -2.13. The van der Waals surface area contributed by atoms with Crippen molar-refractivity contribution in [1.29, 1.82) is 0 Å². The number of carboxylic acids is 1. The summed E-state index contributed by atoms with van der Waals surface area (Å²) in [5.41, 5.74) is 0. The van der Waals surface area contributed by atoms with Gasteiger partial charge < -0.3 is 14.8 Å². The highest BCUT2D eigenvalue weighted by Crippen LogP contribution is 2.22. The van der Waals surface area contributed by atoms with E-state index in [2.05, 4.69) is 5.32 Å². The van der Waals surface area contributed by atoms with E-state index < -0.39 is 27.9 Å². The van der Waals surface area contributed by atoms with Crippen molar-refractivity contribution in [3.8, 4) is 0 Å². The lowest BCUT2D eigenvalue weighted by Gasteiger charge is -2.11. The molecule has 0 aliphatic heterocycles. The van der Waals surface area contributed by atoms with Gasteiger partial charge in [0.1, 0.15) is 16.7 Å². The van der Waals surface area contributed by atoms with Crippen LogP contribution in [0.4, 0.5) is 0 Å². The Morgan fingerprint density at radius 2 is 2.04 bits per heavy atom. The van der Waals surface area contributed by atoms with Crippen LogP contribution in [0.5, 0.6) is 0 Å². The quantitative estimate of drug-likeness (QED) is 0.712. The molecule has 1 atom stereocenters. The van der Waals surface area contributed by atoms with Gasteiger partial charge in [-0.1, -0.05) is 12.2 Å². The lowest BCUT2D eigenvalue weighted by molar-refractivity contribution is -0.139. The van der Waals surface area contributed by atoms with Gasteiger partial charge in [0.25, 0.3) is 5.91 Å². The van der Waals surface area contributed by atoms with Gasteiger partial charge in [-0.05, 0) is 20.3 Å². The number of rotatable bonds is 7. The molecule has 1 amide bonds. The summed E-state index contributed by atoms with van der Waals surface area (Å²) in [7, 11) is -1.03. The smallest absolute Gasteiger partial charge is 0.326 e. The van der Waals surface area contributed by atoms with E-state index in [0.29, 0.717) is 0 Å². The third kappa shape index (κ3) is 4.42. The number of carboxylic acid groups (broad SMARTS) is 1. The number of carbonyl (C=O) groups excluding carboxylic acids is 1. The molecule has 9 heteroatoms. The number of amides is 1. The molecule has 0 aliphatic rings. The average Bonchev–Trinajstić information content (AvgIpc) is 2.85. The molecule has 0 saturated carbocycles. The zero-order valence-corrected chi connectivity index (χ0v) is 14.2. The van der Waals surface area contributed by atoms with Crippen molar-refractivity contribution in [2.24, 2.45) is 0 Å². The number of hydrogen-bond acceptors (Lipinski definition) is 5. The van der Waals surface area contributed by atoms with Crippen LogP contribution in [0.3, 0.4) is 0 Å². The Morgan fingerprint density at radius 3 is 2.52 bits per heavy atom. The normalized spacial score (nSPS) is 13.4. The van der Waals surface area contributed by atoms with Crippen LogP contribution in [0.1, 0.15) is 29.7 Å². The second-order valence-corrected chi connectivity index (χ2v) is 7.11. The Bertz CT molecular complexity index is 718. The summed E-state index contributed by atoms with van der Waals surface area (Å²) in [6.45, 7) is 3.15. The fraction of sp³-hybridized carbons (Fsp3) is 0.429. The molecular weight excluding hydrogens is 324 g/mol. The summed E-state index contributed by atoms with van der Waals surface area (Å²) >= 11 is 0. The number of sulfonamides is 1. The number of aliphatic carboxylic acids is 1. The first kappa shape index (κ1) is 18.9. The van der Waals surface area contributed by atoms with Gasteiger partial charge in [-0.15, -0.1) is 0 Å². The first-order valence-corrected chi connectivity index (χ1v) is 8.23. The summed E-state index contributed by atoms with van der Waals surface area (Å²) in [5.74, 6) is -2.18. The van der Waals surface area contributed by atoms with Gasteiger partial charge in [-0.25, -0.2) is 17.5 Å². The molecule has 23 heavy (non-hydrogen) atoms. The monoisotopic (exact) mass is 344 g/mol. The van der Waals surface area contributed by atoms with E-state index in [-0.39, 0.29) is 22.8 Å². The van der Waals surface area contributed by atoms with Gasteiger partial charge in [0.2, 0.25) is 10.0 Å². The molecule has 1 aromatic rings. The van der Waals surface area contributed by atoms with Crippen LogP contribution in [0, 0.1) is 6.92 Å². The second kappa shape index (κ2) is 7.42. The number of carbonyl (C=O) groups is 2. The fourth-order valence-electron chi connectivity index (χ4n) is 1.75. The highest BCUT2D eigenvalue weighted by molar-refractivity contribution is 7.89. The van der Waals surface area contributed by atoms with Crippen LogP contribution in [0.15, 0.2) is 27.5 Å². The molecule has 1 heterocycles. The van der Waals surface area contributed by atoms with Crippen LogP contribution in [0.25, 0.3) is 0 Å². The maximum Gasteiger partial charge on any atom is 0.326 e. The summed E-state index contributed by atoms with van der Waals surface area (Å²) in [5, 5.41) is 11.4. The molecular formula is C14H20N2O6S. The Kier molecular flexibility index (Phi) is 6.11. The molecule has 8 nitrogen and oxygen atoms in total. The maximum atomic E-state index is 12.1. The predicted molar refractivity (Wildman–Crippen MR) is 82.6 cm³/mol. The molecule has 0 spiro atoms. The van der Waals surface area contributed by atoms with E-state index in [1.54, 1.807) is 19.1 Å². The molecule has 1 unspecified atom stereocenters. The summed E-state index contributed by atoms with van der Waals surface area (Å²) in [6.07, 6.45) is 3.38. The molecule has 128 valence electrons. The minimum atomic E-state index is -3.75. The maximum absolute atomic E-state index is 12.1. The van der Waals surface area contributed by atoms with Crippen LogP contribution in [-0.2, 0) is 14.8 Å². The molecule has 0 aromatic carbocycles. The van der Waals surface area contributed by atoms with E-state index in [9.17, 15) is 18.0 Å². The second-order valence-electron chi connectivity index (χ2n) is 4.99. The van der Waals surface area contributed by atoms with Gasteiger partial charge in [-0.3, -0.25) is 4.79 Å². The van der Waals surface area contributed by atoms with Gasteiger partial charge in [0, 0.05) is 20.2 Å². The lowest BCUT2D eigenvalue weighted by atomic mass is 10.2. The summed E-state index contributed by atoms with van der Waals surface area (Å²) in [4.78, 5) is 23.1. The van der Waals surface area contributed by atoms with Crippen molar-refractivity contribution in [3.63, 3.8) is 0 Å². The summed E-state index contributed by atoms with van der Waals surface area (Å²) < 4.78 is 30.4. The van der Waals surface area contributed by atoms with Crippen LogP contribution in [0.2, 0.25) is 0 Å². The van der Waals surface area contributed by atoms with Crippen molar-refractivity contribution in [3.05, 3.63) is 29.7 Å². The number of hydrogen-bond donors (Lipinski definition) is 2. The third-order valence-electron chi connectivity index (χ3n) is 3.07. The number of nitrogens with zero attached hydrogens (tertiary/aromatic N) is 1. The molecule has 0 fully saturated rings. The zero-order chi connectivity index (χ0) is 17.8.